The minimum Gasteiger partial charge on any atom is -0.461 e. The van der Waals surface area contributed by atoms with E-state index in [2.05, 4.69) is 0 Å². The molecule has 0 atom stereocenters. The Hall–Kier alpha value is -1.44. The van der Waals surface area contributed by atoms with Crippen molar-refractivity contribution < 1.29 is 4.42 Å². The van der Waals surface area contributed by atoms with Crippen LogP contribution in [0.25, 0.3) is 11.0 Å². The normalized spacial score (nSPS) is 10.8. The Kier molecular flexibility index (Phi) is 1.37. The lowest BCUT2D eigenvalue weighted by Crippen LogP contribution is -1.82. The molecule has 0 unspecified atom stereocenters. The Balaban J connectivity index is 2.88. The number of aryl methyl sites for hydroxylation is 2. The number of furan rings is 1. The molecule has 1 aromatic carbocycles. The van der Waals surface area contributed by atoms with Gasteiger partial charge in [0.15, 0.2) is 0 Å². The second-order valence-electron chi connectivity index (χ2n) is 3.04. The van der Waals surface area contributed by atoms with Gasteiger partial charge < -0.3 is 10.2 Å². The van der Waals surface area contributed by atoms with Gasteiger partial charge in [-0.3, -0.25) is 0 Å². The molecule has 0 saturated carbocycles. The molecule has 2 N–H and O–H groups in total. The molecule has 0 amide bonds. The Labute approximate surface area is 71.0 Å². The molecule has 1 aromatic heterocycles. The molecule has 0 fully saturated rings. The molecule has 1 heterocycles. The van der Waals surface area contributed by atoms with Crippen molar-refractivity contribution in [1.82, 2.24) is 0 Å². The topological polar surface area (TPSA) is 39.2 Å². The van der Waals surface area contributed by atoms with Gasteiger partial charge in [0.25, 0.3) is 0 Å². The number of nitrogens with two attached hydrogens (primary N) is 1. The van der Waals surface area contributed by atoms with Crippen LogP contribution in [0.3, 0.4) is 0 Å². The standard InChI is InChI=1S/C10H11NO/c1-6-7(2)12-10-4-3-8(11)5-9(6)10/h3-5H,11H2,1-2H3. The Morgan fingerprint density at radius 3 is 2.75 bits per heavy atom. The number of hydrogen-bond donors (Lipinski definition) is 1. The number of hydrogen-bond acceptors (Lipinski definition) is 2. The first-order chi connectivity index (χ1) is 5.68. The van der Waals surface area contributed by atoms with Crippen LogP contribution in [0, 0.1) is 13.8 Å². The molecule has 2 aromatic rings. The van der Waals surface area contributed by atoms with Crippen molar-refractivity contribution in [2.45, 2.75) is 13.8 Å². The van der Waals surface area contributed by atoms with Crippen molar-refractivity contribution in [2.75, 3.05) is 5.73 Å². The second-order valence-corrected chi connectivity index (χ2v) is 3.04. The van der Waals surface area contributed by atoms with Gasteiger partial charge in [-0.2, -0.15) is 0 Å². The fraction of sp³-hybridized carbons (Fsp3) is 0.200. The summed E-state index contributed by atoms with van der Waals surface area (Å²) in [6.45, 7) is 4.01. The zero-order chi connectivity index (χ0) is 8.72. The maximum absolute atomic E-state index is 5.66. The third-order valence-electron chi connectivity index (χ3n) is 2.20. The summed E-state index contributed by atoms with van der Waals surface area (Å²) in [4.78, 5) is 0. The molecule has 62 valence electrons. The maximum Gasteiger partial charge on any atom is 0.134 e. The van der Waals surface area contributed by atoms with Gasteiger partial charge in [0, 0.05) is 11.1 Å². The average molecular weight is 161 g/mol. The summed E-state index contributed by atoms with van der Waals surface area (Å²) in [5.74, 6) is 0.968. The van der Waals surface area contributed by atoms with E-state index in [4.69, 9.17) is 10.2 Å². The summed E-state index contributed by atoms with van der Waals surface area (Å²) in [6, 6.07) is 5.70. The molecule has 12 heavy (non-hydrogen) atoms. The monoisotopic (exact) mass is 161 g/mol. The molecule has 0 aliphatic heterocycles. The van der Waals surface area contributed by atoms with Crippen molar-refractivity contribution in [3.63, 3.8) is 0 Å². The first-order valence-corrected chi connectivity index (χ1v) is 3.93. The average Bonchev–Trinajstić information content (AvgIpc) is 2.31. The van der Waals surface area contributed by atoms with Crippen LogP contribution < -0.4 is 5.73 Å². The van der Waals surface area contributed by atoms with Gasteiger partial charge >= 0.3 is 0 Å². The summed E-state index contributed by atoms with van der Waals surface area (Å²) in [6.07, 6.45) is 0. The lowest BCUT2D eigenvalue weighted by atomic mass is 10.1. The van der Waals surface area contributed by atoms with E-state index in [1.54, 1.807) is 0 Å². The predicted octanol–water partition coefficient (Wildman–Crippen LogP) is 2.63. The maximum atomic E-state index is 5.66. The highest BCUT2D eigenvalue weighted by Gasteiger charge is 2.05. The van der Waals surface area contributed by atoms with Crippen molar-refractivity contribution in [1.29, 1.82) is 0 Å². The molecule has 2 nitrogen and oxygen atoms in total. The van der Waals surface area contributed by atoms with E-state index in [9.17, 15) is 0 Å². The van der Waals surface area contributed by atoms with E-state index in [1.807, 2.05) is 32.0 Å². The van der Waals surface area contributed by atoms with E-state index < -0.39 is 0 Å². The summed E-state index contributed by atoms with van der Waals surface area (Å²) in [7, 11) is 0. The molecule has 0 spiro atoms. The minimum absolute atomic E-state index is 0.784. The van der Waals surface area contributed by atoms with Crippen molar-refractivity contribution in [3.05, 3.63) is 29.5 Å². The molecule has 0 aliphatic rings. The first kappa shape index (κ1) is 7.22. The molecule has 0 radical (unpaired) electrons. The van der Waals surface area contributed by atoms with Crippen LogP contribution in [0.4, 0.5) is 5.69 Å². The lowest BCUT2D eigenvalue weighted by molar-refractivity contribution is 0.575. The smallest absolute Gasteiger partial charge is 0.134 e. The zero-order valence-corrected chi connectivity index (χ0v) is 7.22. The van der Waals surface area contributed by atoms with Gasteiger partial charge in [-0.15, -0.1) is 0 Å². The van der Waals surface area contributed by atoms with E-state index in [0.29, 0.717) is 0 Å². The lowest BCUT2D eigenvalue weighted by Gasteiger charge is -1.91. The summed E-state index contributed by atoms with van der Waals surface area (Å²) < 4.78 is 5.50. The van der Waals surface area contributed by atoms with Crippen LogP contribution in [0.15, 0.2) is 22.6 Å². The fourth-order valence-electron chi connectivity index (χ4n) is 1.36. The zero-order valence-electron chi connectivity index (χ0n) is 7.22. The summed E-state index contributed by atoms with van der Waals surface area (Å²) >= 11 is 0. The molecular weight excluding hydrogens is 150 g/mol. The largest absolute Gasteiger partial charge is 0.461 e. The van der Waals surface area contributed by atoms with E-state index in [0.717, 1.165) is 22.4 Å². The molecule has 0 saturated heterocycles. The van der Waals surface area contributed by atoms with Crippen LogP contribution in [0.2, 0.25) is 0 Å². The third kappa shape index (κ3) is 0.881. The third-order valence-corrected chi connectivity index (χ3v) is 2.20. The molecule has 0 bridgehead atoms. The Morgan fingerprint density at radius 2 is 2.00 bits per heavy atom. The van der Waals surface area contributed by atoms with Gasteiger partial charge in [-0.05, 0) is 37.6 Å². The number of benzene rings is 1. The fourth-order valence-corrected chi connectivity index (χ4v) is 1.36. The number of nitrogen functional groups attached to an aromatic ring is 1. The van der Waals surface area contributed by atoms with Gasteiger partial charge in [0.05, 0.1) is 0 Å². The second kappa shape index (κ2) is 2.27. The van der Waals surface area contributed by atoms with Gasteiger partial charge in [0.2, 0.25) is 0 Å². The SMILES string of the molecule is Cc1oc2ccc(N)cc2c1C. The van der Waals surface area contributed by atoms with Gasteiger partial charge in [-0.25, -0.2) is 0 Å². The Bertz CT molecular complexity index is 429. The van der Waals surface area contributed by atoms with Crippen LogP contribution in [-0.4, -0.2) is 0 Å². The number of anilines is 1. The number of rotatable bonds is 0. The van der Waals surface area contributed by atoms with Crippen LogP contribution in [0.5, 0.6) is 0 Å². The molecule has 2 heteroatoms. The summed E-state index contributed by atoms with van der Waals surface area (Å²) in [5.41, 5.74) is 8.54. The highest BCUT2D eigenvalue weighted by atomic mass is 16.3. The molecule has 2 rings (SSSR count). The van der Waals surface area contributed by atoms with Gasteiger partial charge in [0.1, 0.15) is 11.3 Å². The molecular formula is C10H11NO. The van der Waals surface area contributed by atoms with Crippen molar-refractivity contribution >= 4 is 16.7 Å². The Morgan fingerprint density at radius 1 is 1.25 bits per heavy atom. The van der Waals surface area contributed by atoms with Crippen LogP contribution in [-0.2, 0) is 0 Å². The van der Waals surface area contributed by atoms with Gasteiger partial charge in [-0.1, -0.05) is 0 Å². The van der Waals surface area contributed by atoms with Crippen molar-refractivity contribution in [3.8, 4) is 0 Å². The highest BCUT2D eigenvalue weighted by Crippen LogP contribution is 2.25. The first-order valence-electron chi connectivity index (χ1n) is 3.93. The number of fused-ring (bicyclic) bond motifs is 1. The molecule has 0 aliphatic carbocycles. The van der Waals surface area contributed by atoms with E-state index in [-0.39, 0.29) is 0 Å². The van der Waals surface area contributed by atoms with E-state index in [1.165, 1.54) is 5.56 Å². The van der Waals surface area contributed by atoms with Crippen LogP contribution >= 0.6 is 0 Å². The van der Waals surface area contributed by atoms with Crippen LogP contribution in [0.1, 0.15) is 11.3 Å². The highest BCUT2D eigenvalue weighted by molar-refractivity contribution is 5.84. The van der Waals surface area contributed by atoms with E-state index >= 15 is 0 Å². The predicted molar refractivity (Wildman–Crippen MR) is 50.1 cm³/mol. The quantitative estimate of drug-likeness (QED) is 0.603. The van der Waals surface area contributed by atoms with Crippen molar-refractivity contribution in [2.24, 2.45) is 0 Å². The minimum atomic E-state index is 0.784. The summed E-state index contributed by atoms with van der Waals surface area (Å²) in [5, 5.41) is 1.12.